The van der Waals surface area contributed by atoms with Crippen LogP contribution < -0.4 is 0 Å². The molecule has 1 aromatic carbocycles. The van der Waals surface area contributed by atoms with Gasteiger partial charge < -0.3 is 4.74 Å². The lowest BCUT2D eigenvalue weighted by Crippen LogP contribution is -2.32. The summed E-state index contributed by atoms with van der Waals surface area (Å²) in [6.07, 6.45) is 2.64. The Kier molecular flexibility index (Phi) is 4.51. The molecule has 7 heteroatoms. The van der Waals surface area contributed by atoms with Gasteiger partial charge >= 0.3 is 6.09 Å². The van der Waals surface area contributed by atoms with Crippen LogP contribution in [0.1, 0.15) is 16.6 Å². The third kappa shape index (κ3) is 3.69. The molecule has 1 aliphatic heterocycles. The maximum absolute atomic E-state index is 11.9. The Labute approximate surface area is 130 Å². The Balaban J connectivity index is 2.10. The van der Waals surface area contributed by atoms with Crippen molar-refractivity contribution in [3.63, 3.8) is 0 Å². The molecule has 1 heterocycles. The number of amides is 1. The Morgan fingerprint density at radius 1 is 1.32 bits per heavy atom. The molecule has 0 saturated heterocycles. The van der Waals surface area contributed by atoms with Crippen molar-refractivity contribution >= 4 is 58.6 Å². The summed E-state index contributed by atoms with van der Waals surface area (Å²) in [5.74, 6) is 0. The summed E-state index contributed by atoms with van der Waals surface area (Å²) in [4.78, 5) is 13.1. The maximum Gasteiger partial charge on any atom is 0.415 e. The summed E-state index contributed by atoms with van der Waals surface area (Å²) in [6.45, 7) is -0.341. The van der Waals surface area contributed by atoms with Crippen molar-refractivity contribution in [2.24, 2.45) is 0 Å². The molecule has 0 aliphatic carbocycles. The molecule has 0 radical (unpaired) electrons. The van der Waals surface area contributed by atoms with Crippen molar-refractivity contribution in [3.05, 3.63) is 41.6 Å². The SMILES string of the molecule is O=C(OCC(Cl)(Cl)Cl)N1C=Cc2ccccc2C1Cl. The minimum Gasteiger partial charge on any atom is -0.445 e. The molecular weight excluding hydrogens is 332 g/mol. The number of hydrogen-bond donors (Lipinski definition) is 0. The molecular formula is C12H9Cl4NO2. The predicted molar refractivity (Wildman–Crippen MR) is 77.5 cm³/mol. The van der Waals surface area contributed by atoms with Crippen molar-refractivity contribution in [2.75, 3.05) is 6.61 Å². The molecule has 0 N–H and O–H groups in total. The van der Waals surface area contributed by atoms with Gasteiger partial charge in [-0.1, -0.05) is 70.7 Å². The lowest BCUT2D eigenvalue weighted by molar-refractivity contribution is 0.115. The molecule has 1 atom stereocenters. The number of fused-ring (bicyclic) bond motifs is 1. The minimum absolute atomic E-state index is 0.341. The molecule has 0 aromatic heterocycles. The fourth-order valence-electron chi connectivity index (χ4n) is 1.64. The van der Waals surface area contributed by atoms with E-state index in [1.54, 1.807) is 12.3 Å². The van der Waals surface area contributed by atoms with E-state index in [0.717, 1.165) is 11.1 Å². The van der Waals surface area contributed by atoms with Crippen LogP contribution in [-0.2, 0) is 4.74 Å². The zero-order valence-corrected chi connectivity index (χ0v) is 12.5. The molecule has 19 heavy (non-hydrogen) atoms. The average Bonchev–Trinajstić information content (AvgIpc) is 2.36. The van der Waals surface area contributed by atoms with Crippen LogP contribution in [0, 0.1) is 0 Å². The highest BCUT2D eigenvalue weighted by Crippen LogP contribution is 2.34. The first-order valence-electron chi connectivity index (χ1n) is 5.31. The van der Waals surface area contributed by atoms with E-state index in [4.69, 9.17) is 51.1 Å². The van der Waals surface area contributed by atoms with Crippen LogP contribution in [0.2, 0.25) is 0 Å². The fraction of sp³-hybridized carbons (Fsp3) is 0.250. The zero-order valence-electron chi connectivity index (χ0n) is 9.52. The van der Waals surface area contributed by atoms with Gasteiger partial charge in [0.2, 0.25) is 3.79 Å². The first-order valence-corrected chi connectivity index (χ1v) is 6.88. The maximum atomic E-state index is 11.9. The lowest BCUT2D eigenvalue weighted by atomic mass is 10.0. The van der Waals surface area contributed by atoms with Crippen LogP contribution >= 0.6 is 46.4 Å². The van der Waals surface area contributed by atoms with Crippen LogP contribution in [0.5, 0.6) is 0 Å². The van der Waals surface area contributed by atoms with Crippen molar-refractivity contribution in [1.29, 1.82) is 0 Å². The second kappa shape index (κ2) is 5.80. The van der Waals surface area contributed by atoms with Crippen LogP contribution in [-0.4, -0.2) is 21.4 Å². The Bertz CT molecular complexity index is 513. The minimum atomic E-state index is -1.64. The second-order valence-electron chi connectivity index (χ2n) is 3.86. The van der Waals surface area contributed by atoms with Gasteiger partial charge in [0, 0.05) is 6.20 Å². The number of nitrogens with zero attached hydrogens (tertiary/aromatic N) is 1. The van der Waals surface area contributed by atoms with E-state index in [1.807, 2.05) is 24.3 Å². The number of benzene rings is 1. The molecule has 1 unspecified atom stereocenters. The number of alkyl halides is 4. The molecule has 1 aliphatic rings. The van der Waals surface area contributed by atoms with Gasteiger partial charge in [-0.2, -0.15) is 0 Å². The Morgan fingerprint density at radius 3 is 2.68 bits per heavy atom. The number of halogens is 4. The monoisotopic (exact) mass is 339 g/mol. The molecule has 0 saturated carbocycles. The van der Waals surface area contributed by atoms with Crippen molar-refractivity contribution in [2.45, 2.75) is 9.29 Å². The van der Waals surface area contributed by atoms with E-state index in [-0.39, 0.29) is 6.61 Å². The second-order valence-corrected chi connectivity index (χ2v) is 6.79. The normalized spacial score (nSPS) is 18.1. The zero-order chi connectivity index (χ0) is 14.0. The van der Waals surface area contributed by atoms with Gasteiger partial charge in [0.05, 0.1) is 0 Å². The van der Waals surface area contributed by atoms with Crippen LogP contribution in [0.25, 0.3) is 6.08 Å². The van der Waals surface area contributed by atoms with Gasteiger partial charge in [0.25, 0.3) is 0 Å². The lowest BCUT2D eigenvalue weighted by Gasteiger charge is -2.28. The highest BCUT2D eigenvalue weighted by atomic mass is 35.6. The highest BCUT2D eigenvalue weighted by Gasteiger charge is 2.29. The van der Waals surface area contributed by atoms with Crippen molar-refractivity contribution < 1.29 is 9.53 Å². The number of ether oxygens (including phenoxy) is 1. The van der Waals surface area contributed by atoms with Gasteiger partial charge in [-0.15, -0.1) is 0 Å². The molecule has 102 valence electrons. The van der Waals surface area contributed by atoms with Gasteiger partial charge in [-0.05, 0) is 17.2 Å². The van der Waals surface area contributed by atoms with E-state index in [0.29, 0.717) is 0 Å². The molecule has 1 aromatic rings. The van der Waals surface area contributed by atoms with E-state index in [9.17, 15) is 4.79 Å². The smallest absolute Gasteiger partial charge is 0.415 e. The Hall–Kier alpha value is -0.610. The average molecular weight is 341 g/mol. The first kappa shape index (κ1) is 14.8. The molecule has 0 spiro atoms. The van der Waals surface area contributed by atoms with E-state index in [2.05, 4.69) is 0 Å². The largest absolute Gasteiger partial charge is 0.445 e. The van der Waals surface area contributed by atoms with Gasteiger partial charge in [-0.3, -0.25) is 4.90 Å². The van der Waals surface area contributed by atoms with Gasteiger partial charge in [0.1, 0.15) is 12.1 Å². The highest BCUT2D eigenvalue weighted by molar-refractivity contribution is 6.67. The molecule has 0 bridgehead atoms. The third-order valence-corrected chi connectivity index (χ3v) is 3.25. The number of rotatable bonds is 1. The fourth-order valence-corrected chi connectivity index (χ4v) is 2.14. The summed E-state index contributed by atoms with van der Waals surface area (Å²) in [6, 6.07) is 7.48. The standard InChI is InChI=1S/C12H9Cl4NO2/c13-10-9-4-2-1-3-8(9)5-6-17(10)11(18)19-7-12(14,15)16/h1-6,10H,7H2. The van der Waals surface area contributed by atoms with Crippen LogP contribution in [0.15, 0.2) is 30.5 Å². The molecule has 0 fully saturated rings. The molecule has 3 nitrogen and oxygen atoms in total. The van der Waals surface area contributed by atoms with Crippen LogP contribution in [0.3, 0.4) is 0 Å². The van der Waals surface area contributed by atoms with Gasteiger partial charge in [-0.25, -0.2) is 4.79 Å². The van der Waals surface area contributed by atoms with Crippen molar-refractivity contribution in [1.82, 2.24) is 4.90 Å². The van der Waals surface area contributed by atoms with Gasteiger partial charge in [0.15, 0.2) is 0 Å². The summed E-state index contributed by atoms with van der Waals surface area (Å²) < 4.78 is 3.24. The van der Waals surface area contributed by atoms with E-state index >= 15 is 0 Å². The summed E-state index contributed by atoms with van der Waals surface area (Å²) >= 11 is 22.8. The van der Waals surface area contributed by atoms with Crippen LogP contribution in [0.4, 0.5) is 4.79 Å². The molecule has 2 rings (SSSR count). The topological polar surface area (TPSA) is 29.5 Å². The number of hydrogen-bond acceptors (Lipinski definition) is 2. The summed E-state index contributed by atoms with van der Waals surface area (Å²) in [7, 11) is 0. The molecule has 1 amide bonds. The first-order chi connectivity index (χ1) is 8.88. The predicted octanol–water partition coefficient (Wildman–Crippen LogP) is 4.72. The quantitative estimate of drug-likeness (QED) is 0.547. The summed E-state index contributed by atoms with van der Waals surface area (Å²) in [5, 5.41) is 0. The summed E-state index contributed by atoms with van der Waals surface area (Å²) in [5.41, 5.74) is 1.12. The van der Waals surface area contributed by atoms with Crippen molar-refractivity contribution in [3.8, 4) is 0 Å². The third-order valence-electron chi connectivity index (χ3n) is 2.48. The van der Waals surface area contributed by atoms with E-state index < -0.39 is 15.4 Å². The number of carbonyl (C=O) groups is 1. The van der Waals surface area contributed by atoms with E-state index in [1.165, 1.54) is 4.90 Å². The number of carbonyl (C=O) groups excluding carboxylic acids is 1. The Morgan fingerprint density at radius 2 is 2.00 bits per heavy atom.